The SMILES string of the molecule is NCCC1(c2ccc(Br)s2)COC1. The monoisotopic (exact) mass is 261 g/mol. The van der Waals surface area contributed by atoms with Crippen molar-refractivity contribution in [3.8, 4) is 0 Å². The van der Waals surface area contributed by atoms with Crippen molar-refractivity contribution in [1.29, 1.82) is 0 Å². The lowest BCUT2D eigenvalue weighted by atomic mass is 9.81. The number of rotatable bonds is 3. The summed E-state index contributed by atoms with van der Waals surface area (Å²) in [6.07, 6.45) is 1.03. The minimum absolute atomic E-state index is 0.228. The van der Waals surface area contributed by atoms with Crippen molar-refractivity contribution < 1.29 is 4.74 Å². The normalized spacial score (nSPS) is 19.8. The van der Waals surface area contributed by atoms with Gasteiger partial charge in [0, 0.05) is 4.88 Å². The summed E-state index contributed by atoms with van der Waals surface area (Å²) < 4.78 is 6.48. The number of halogens is 1. The topological polar surface area (TPSA) is 35.2 Å². The molecule has 0 amide bonds. The van der Waals surface area contributed by atoms with Crippen LogP contribution in [0.1, 0.15) is 11.3 Å². The fraction of sp³-hybridized carbons (Fsp3) is 0.556. The Morgan fingerprint density at radius 2 is 2.31 bits per heavy atom. The van der Waals surface area contributed by atoms with Crippen molar-refractivity contribution in [1.82, 2.24) is 0 Å². The standard InChI is InChI=1S/C9H12BrNOS/c10-8-2-1-7(13-8)9(3-4-11)5-12-6-9/h1-2H,3-6,11H2. The Labute approximate surface area is 90.2 Å². The average molecular weight is 262 g/mol. The highest BCUT2D eigenvalue weighted by Gasteiger charge is 2.40. The van der Waals surface area contributed by atoms with Crippen LogP contribution < -0.4 is 5.73 Å². The summed E-state index contributed by atoms with van der Waals surface area (Å²) in [4.78, 5) is 1.40. The van der Waals surface area contributed by atoms with Gasteiger partial charge in [-0.2, -0.15) is 0 Å². The molecule has 0 bridgehead atoms. The first-order valence-corrected chi connectivity index (χ1v) is 5.91. The zero-order chi connectivity index (χ0) is 9.31. The maximum atomic E-state index is 5.61. The fourth-order valence-corrected chi connectivity index (χ4v) is 3.21. The summed E-state index contributed by atoms with van der Waals surface area (Å²) in [5.74, 6) is 0. The first-order valence-electron chi connectivity index (χ1n) is 4.30. The van der Waals surface area contributed by atoms with Gasteiger partial charge in [-0.05, 0) is 41.0 Å². The van der Waals surface area contributed by atoms with E-state index < -0.39 is 0 Å². The molecule has 1 fully saturated rings. The molecule has 2 heterocycles. The van der Waals surface area contributed by atoms with Gasteiger partial charge in [-0.3, -0.25) is 0 Å². The van der Waals surface area contributed by atoms with Crippen LogP contribution in [0.25, 0.3) is 0 Å². The Kier molecular flexibility index (Phi) is 2.74. The van der Waals surface area contributed by atoms with Crippen LogP contribution in [-0.4, -0.2) is 19.8 Å². The molecule has 1 aromatic rings. The van der Waals surface area contributed by atoms with Gasteiger partial charge in [-0.25, -0.2) is 0 Å². The second-order valence-corrected chi connectivity index (χ2v) is 5.88. The molecular formula is C9H12BrNOS. The zero-order valence-corrected chi connectivity index (χ0v) is 9.66. The van der Waals surface area contributed by atoms with E-state index in [4.69, 9.17) is 10.5 Å². The van der Waals surface area contributed by atoms with E-state index in [0.717, 1.165) is 26.2 Å². The van der Waals surface area contributed by atoms with E-state index in [9.17, 15) is 0 Å². The minimum atomic E-state index is 0.228. The lowest BCUT2D eigenvalue weighted by molar-refractivity contribution is -0.0612. The van der Waals surface area contributed by atoms with E-state index in [1.165, 1.54) is 8.66 Å². The maximum Gasteiger partial charge on any atom is 0.0701 e. The third kappa shape index (κ3) is 1.68. The van der Waals surface area contributed by atoms with Gasteiger partial charge >= 0.3 is 0 Å². The molecule has 0 aromatic carbocycles. The molecule has 4 heteroatoms. The molecule has 0 saturated carbocycles. The van der Waals surface area contributed by atoms with Crippen molar-refractivity contribution in [3.63, 3.8) is 0 Å². The van der Waals surface area contributed by atoms with Crippen molar-refractivity contribution in [2.45, 2.75) is 11.8 Å². The zero-order valence-electron chi connectivity index (χ0n) is 7.25. The third-order valence-corrected chi connectivity index (χ3v) is 4.35. The summed E-state index contributed by atoms with van der Waals surface area (Å²) in [6.45, 7) is 2.40. The van der Waals surface area contributed by atoms with Crippen LogP contribution in [-0.2, 0) is 10.2 Å². The van der Waals surface area contributed by atoms with E-state index in [2.05, 4.69) is 28.1 Å². The van der Waals surface area contributed by atoms with E-state index in [1.54, 1.807) is 11.3 Å². The molecule has 72 valence electrons. The Balaban J connectivity index is 2.21. The molecule has 1 aliphatic heterocycles. The van der Waals surface area contributed by atoms with Crippen LogP contribution in [0.15, 0.2) is 15.9 Å². The van der Waals surface area contributed by atoms with Crippen LogP contribution in [0.3, 0.4) is 0 Å². The molecular weight excluding hydrogens is 250 g/mol. The molecule has 0 unspecified atom stereocenters. The molecule has 13 heavy (non-hydrogen) atoms. The predicted octanol–water partition coefficient (Wildman–Crippen LogP) is 2.13. The van der Waals surface area contributed by atoms with Gasteiger partial charge in [-0.15, -0.1) is 11.3 Å². The predicted molar refractivity (Wildman–Crippen MR) is 58.2 cm³/mol. The highest BCUT2D eigenvalue weighted by molar-refractivity contribution is 9.11. The molecule has 2 nitrogen and oxygen atoms in total. The van der Waals surface area contributed by atoms with Gasteiger partial charge in [0.2, 0.25) is 0 Å². The molecule has 2 N–H and O–H groups in total. The highest BCUT2D eigenvalue weighted by atomic mass is 79.9. The van der Waals surface area contributed by atoms with Crippen molar-refractivity contribution in [2.24, 2.45) is 5.73 Å². The second-order valence-electron chi connectivity index (χ2n) is 3.42. The first-order chi connectivity index (χ1) is 6.27. The molecule has 2 rings (SSSR count). The summed E-state index contributed by atoms with van der Waals surface area (Å²) in [5, 5.41) is 0. The van der Waals surface area contributed by atoms with Crippen molar-refractivity contribution >= 4 is 27.3 Å². The Morgan fingerprint density at radius 3 is 2.69 bits per heavy atom. The smallest absolute Gasteiger partial charge is 0.0701 e. The Bertz CT molecular complexity index is 296. The molecule has 0 aliphatic carbocycles. The fourth-order valence-electron chi connectivity index (χ4n) is 1.63. The van der Waals surface area contributed by atoms with Crippen molar-refractivity contribution in [3.05, 3.63) is 20.8 Å². The van der Waals surface area contributed by atoms with E-state index in [0.29, 0.717) is 0 Å². The number of thiophene rings is 1. The van der Waals surface area contributed by atoms with Crippen LogP contribution in [0.5, 0.6) is 0 Å². The average Bonchev–Trinajstić information content (AvgIpc) is 2.44. The molecule has 1 aliphatic rings. The van der Waals surface area contributed by atoms with Gasteiger partial charge in [-0.1, -0.05) is 0 Å². The number of nitrogens with two attached hydrogens (primary N) is 1. The van der Waals surface area contributed by atoms with Gasteiger partial charge in [0.15, 0.2) is 0 Å². The quantitative estimate of drug-likeness (QED) is 0.905. The molecule has 0 radical (unpaired) electrons. The Hall–Kier alpha value is 0.1000. The molecule has 1 saturated heterocycles. The number of ether oxygens (including phenoxy) is 1. The molecule has 0 spiro atoms. The third-order valence-electron chi connectivity index (χ3n) is 2.48. The van der Waals surface area contributed by atoms with E-state index >= 15 is 0 Å². The lowest BCUT2D eigenvalue weighted by Crippen LogP contribution is -2.47. The number of hydrogen-bond donors (Lipinski definition) is 1. The second kappa shape index (κ2) is 3.69. The summed E-state index contributed by atoms with van der Waals surface area (Å²) >= 11 is 5.27. The molecule has 1 aromatic heterocycles. The minimum Gasteiger partial charge on any atom is -0.379 e. The van der Waals surface area contributed by atoms with Gasteiger partial charge in [0.05, 0.1) is 22.4 Å². The summed E-state index contributed by atoms with van der Waals surface area (Å²) in [6, 6.07) is 4.27. The van der Waals surface area contributed by atoms with E-state index in [1.807, 2.05) is 0 Å². The summed E-state index contributed by atoms with van der Waals surface area (Å²) in [7, 11) is 0. The highest BCUT2D eigenvalue weighted by Crippen LogP contribution is 2.40. The van der Waals surface area contributed by atoms with Crippen LogP contribution in [0.2, 0.25) is 0 Å². The Morgan fingerprint density at radius 1 is 1.54 bits per heavy atom. The molecule has 0 atom stereocenters. The van der Waals surface area contributed by atoms with Crippen LogP contribution in [0.4, 0.5) is 0 Å². The van der Waals surface area contributed by atoms with Crippen LogP contribution >= 0.6 is 27.3 Å². The maximum absolute atomic E-state index is 5.61. The lowest BCUT2D eigenvalue weighted by Gasteiger charge is -2.40. The van der Waals surface area contributed by atoms with Crippen molar-refractivity contribution in [2.75, 3.05) is 19.8 Å². The summed E-state index contributed by atoms with van der Waals surface area (Å²) in [5.41, 5.74) is 5.83. The van der Waals surface area contributed by atoms with Crippen LogP contribution in [0, 0.1) is 0 Å². The van der Waals surface area contributed by atoms with Gasteiger partial charge in [0.25, 0.3) is 0 Å². The first kappa shape index (κ1) is 9.65. The van der Waals surface area contributed by atoms with Gasteiger partial charge in [0.1, 0.15) is 0 Å². The largest absolute Gasteiger partial charge is 0.379 e. The number of hydrogen-bond acceptors (Lipinski definition) is 3. The van der Waals surface area contributed by atoms with E-state index in [-0.39, 0.29) is 5.41 Å². The van der Waals surface area contributed by atoms with Gasteiger partial charge < -0.3 is 10.5 Å².